The third-order valence-corrected chi connectivity index (χ3v) is 5.79. The van der Waals surface area contributed by atoms with Gasteiger partial charge in [0, 0.05) is 25.2 Å². The molecular formula is C23H19ClN2O3S. The molecule has 7 heteroatoms. The molecule has 5 nitrogen and oxygen atoms in total. The van der Waals surface area contributed by atoms with Crippen LogP contribution in [0.3, 0.4) is 0 Å². The van der Waals surface area contributed by atoms with Crippen molar-refractivity contribution >= 4 is 27.3 Å². The Morgan fingerprint density at radius 3 is 2.47 bits per heavy atom. The zero-order valence-corrected chi connectivity index (χ0v) is 17.7. The van der Waals surface area contributed by atoms with E-state index in [-0.39, 0.29) is 17.3 Å². The number of nitrogens with zero attached hydrogens (tertiary/aromatic N) is 1. The van der Waals surface area contributed by atoms with Gasteiger partial charge in [0.1, 0.15) is 5.38 Å². The molecule has 1 heterocycles. The minimum absolute atomic E-state index is 0.235. The smallest absolute Gasteiger partial charge is 0.252 e. The summed E-state index contributed by atoms with van der Waals surface area (Å²) in [6.45, 7) is 0.250. The SMILES string of the molecule is CS(=O)(=O)c1ccc(CNC(=O)c2ccncc2C#CC(Cl)c2ccccc2)cc1. The third-order valence-electron chi connectivity index (χ3n) is 4.30. The monoisotopic (exact) mass is 438 g/mol. The first-order valence-electron chi connectivity index (χ1n) is 9.06. The molecule has 1 N–H and O–H groups in total. The second kappa shape index (κ2) is 9.57. The van der Waals surface area contributed by atoms with E-state index in [0.29, 0.717) is 11.1 Å². The van der Waals surface area contributed by atoms with Gasteiger partial charge in [-0.1, -0.05) is 54.3 Å². The molecule has 1 aromatic heterocycles. The lowest BCUT2D eigenvalue weighted by atomic mass is 10.1. The molecule has 30 heavy (non-hydrogen) atoms. The predicted octanol–water partition coefficient (Wildman–Crippen LogP) is 3.75. The highest BCUT2D eigenvalue weighted by Crippen LogP contribution is 2.19. The maximum absolute atomic E-state index is 12.6. The van der Waals surface area contributed by atoms with Crippen molar-refractivity contribution in [2.75, 3.05) is 6.26 Å². The number of amides is 1. The van der Waals surface area contributed by atoms with Gasteiger partial charge in [-0.2, -0.15) is 0 Å². The standard InChI is InChI=1S/C23H19ClN2O3S/c1-30(28,29)20-10-7-17(8-11-20)15-26-23(27)21-13-14-25-16-19(21)9-12-22(24)18-5-3-2-4-6-18/h2-8,10-11,13-14,16,22H,15H2,1H3,(H,26,27). The van der Waals surface area contributed by atoms with Crippen LogP contribution in [0.4, 0.5) is 0 Å². The molecule has 0 spiro atoms. The second-order valence-corrected chi connectivity index (χ2v) is 9.01. The van der Waals surface area contributed by atoms with Crippen molar-refractivity contribution in [3.63, 3.8) is 0 Å². The average Bonchev–Trinajstić information content (AvgIpc) is 2.76. The Morgan fingerprint density at radius 2 is 1.80 bits per heavy atom. The van der Waals surface area contributed by atoms with Crippen molar-refractivity contribution in [2.24, 2.45) is 0 Å². The highest BCUT2D eigenvalue weighted by Gasteiger charge is 2.11. The zero-order chi connectivity index (χ0) is 21.6. The number of carbonyl (C=O) groups excluding carboxylic acids is 1. The van der Waals surface area contributed by atoms with Crippen LogP contribution in [0.1, 0.15) is 32.4 Å². The van der Waals surface area contributed by atoms with E-state index in [1.165, 1.54) is 24.5 Å². The number of hydrogen-bond donors (Lipinski definition) is 1. The van der Waals surface area contributed by atoms with Crippen molar-refractivity contribution in [1.82, 2.24) is 10.3 Å². The van der Waals surface area contributed by atoms with Crippen LogP contribution < -0.4 is 5.32 Å². The molecule has 1 amide bonds. The van der Waals surface area contributed by atoms with Crippen LogP contribution in [-0.4, -0.2) is 25.6 Å². The quantitative estimate of drug-likeness (QED) is 0.486. The van der Waals surface area contributed by atoms with Crippen molar-refractivity contribution in [2.45, 2.75) is 16.8 Å². The van der Waals surface area contributed by atoms with Crippen LogP contribution in [0.5, 0.6) is 0 Å². The lowest BCUT2D eigenvalue weighted by Gasteiger charge is -2.08. The van der Waals surface area contributed by atoms with E-state index in [9.17, 15) is 13.2 Å². The van der Waals surface area contributed by atoms with Crippen LogP contribution in [-0.2, 0) is 16.4 Å². The number of halogens is 1. The van der Waals surface area contributed by atoms with E-state index >= 15 is 0 Å². The van der Waals surface area contributed by atoms with Crippen molar-refractivity contribution in [3.05, 3.63) is 95.3 Å². The molecule has 1 atom stereocenters. The molecule has 0 aliphatic rings. The van der Waals surface area contributed by atoms with E-state index in [1.54, 1.807) is 18.2 Å². The molecular weight excluding hydrogens is 420 g/mol. The first-order valence-corrected chi connectivity index (χ1v) is 11.4. The summed E-state index contributed by atoms with van der Waals surface area (Å²) in [5.74, 6) is 5.58. The topological polar surface area (TPSA) is 76.1 Å². The summed E-state index contributed by atoms with van der Waals surface area (Å²) in [6, 6.07) is 17.4. The van der Waals surface area contributed by atoms with Crippen LogP contribution in [0.15, 0.2) is 78.0 Å². The number of rotatable bonds is 5. The fourth-order valence-electron chi connectivity index (χ4n) is 2.67. The number of pyridine rings is 1. The van der Waals surface area contributed by atoms with Gasteiger partial charge in [0.2, 0.25) is 0 Å². The first-order chi connectivity index (χ1) is 14.3. The van der Waals surface area contributed by atoms with E-state index in [2.05, 4.69) is 22.1 Å². The van der Waals surface area contributed by atoms with Gasteiger partial charge < -0.3 is 5.32 Å². The summed E-state index contributed by atoms with van der Waals surface area (Å²) in [5, 5.41) is 2.31. The number of nitrogens with one attached hydrogen (secondary N) is 1. The van der Waals surface area contributed by atoms with Crippen molar-refractivity contribution < 1.29 is 13.2 Å². The second-order valence-electron chi connectivity index (χ2n) is 6.56. The molecule has 3 aromatic rings. The molecule has 0 fully saturated rings. The Labute approximate surface area is 181 Å². The Bertz CT molecular complexity index is 1200. The molecule has 152 valence electrons. The fourth-order valence-corrected chi connectivity index (χ4v) is 3.50. The van der Waals surface area contributed by atoms with Gasteiger partial charge in [-0.05, 0) is 29.3 Å². The Morgan fingerprint density at radius 1 is 1.10 bits per heavy atom. The first kappa shape index (κ1) is 21.6. The average molecular weight is 439 g/mol. The highest BCUT2D eigenvalue weighted by atomic mass is 35.5. The van der Waals surface area contributed by atoms with Gasteiger partial charge in [0.05, 0.1) is 16.0 Å². The van der Waals surface area contributed by atoms with Gasteiger partial charge in [0.25, 0.3) is 5.91 Å². The Hall–Kier alpha value is -3.14. The van der Waals surface area contributed by atoms with Crippen LogP contribution >= 0.6 is 11.6 Å². The molecule has 0 radical (unpaired) electrons. The minimum Gasteiger partial charge on any atom is -0.348 e. The largest absolute Gasteiger partial charge is 0.348 e. The number of carbonyl (C=O) groups is 1. The lowest BCUT2D eigenvalue weighted by molar-refractivity contribution is 0.0950. The van der Waals surface area contributed by atoms with Gasteiger partial charge in [0.15, 0.2) is 9.84 Å². The van der Waals surface area contributed by atoms with E-state index < -0.39 is 15.2 Å². The maximum atomic E-state index is 12.6. The number of hydrogen-bond acceptors (Lipinski definition) is 4. The molecule has 0 bridgehead atoms. The summed E-state index contributed by atoms with van der Waals surface area (Å²) in [4.78, 5) is 16.9. The molecule has 0 aliphatic carbocycles. The van der Waals surface area contributed by atoms with Crippen molar-refractivity contribution in [3.8, 4) is 11.8 Å². The summed E-state index contributed by atoms with van der Waals surface area (Å²) in [7, 11) is -3.25. The molecule has 0 saturated carbocycles. The third kappa shape index (κ3) is 5.69. The Balaban J connectivity index is 1.71. The van der Waals surface area contributed by atoms with Gasteiger partial charge in [-0.3, -0.25) is 9.78 Å². The van der Waals surface area contributed by atoms with Gasteiger partial charge >= 0.3 is 0 Å². The molecule has 2 aromatic carbocycles. The molecule has 0 saturated heterocycles. The van der Waals surface area contributed by atoms with E-state index in [1.807, 2.05) is 30.3 Å². The molecule has 3 rings (SSSR count). The summed E-state index contributed by atoms with van der Waals surface area (Å²) >= 11 is 6.34. The van der Waals surface area contributed by atoms with E-state index in [4.69, 9.17) is 11.6 Å². The number of alkyl halides is 1. The predicted molar refractivity (Wildman–Crippen MR) is 117 cm³/mol. The highest BCUT2D eigenvalue weighted by molar-refractivity contribution is 7.90. The number of aromatic nitrogens is 1. The van der Waals surface area contributed by atoms with Crippen LogP contribution in [0, 0.1) is 11.8 Å². The van der Waals surface area contributed by atoms with Crippen LogP contribution in [0.25, 0.3) is 0 Å². The summed E-state index contributed by atoms with van der Waals surface area (Å²) in [6.07, 6.45) is 4.20. The van der Waals surface area contributed by atoms with Gasteiger partial charge in [-0.25, -0.2) is 8.42 Å². The number of sulfone groups is 1. The Kier molecular flexibility index (Phi) is 6.88. The minimum atomic E-state index is -3.25. The zero-order valence-electron chi connectivity index (χ0n) is 16.2. The summed E-state index contributed by atoms with van der Waals surface area (Å²) in [5.41, 5.74) is 2.52. The maximum Gasteiger partial charge on any atom is 0.252 e. The fraction of sp³-hybridized carbons (Fsp3) is 0.130. The van der Waals surface area contributed by atoms with Crippen molar-refractivity contribution in [1.29, 1.82) is 0 Å². The van der Waals surface area contributed by atoms with Gasteiger partial charge in [-0.15, -0.1) is 11.6 Å². The normalized spacial score (nSPS) is 11.8. The molecule has 1 unspecified atom stereocenters. The number of benzene rings is 2. The molecule has 0 aliphatic heterocycles. The van der Waals surface area contributed by atoms with E-state index in [0.717, 1.165) is 17.4 Å². The van der Waals surface area contributed by atoms with Crippen LogP contribution in [0.2, 0.25) is 0 Å². The lowest BCUT2D eigenvalue weighted by Crippen LogP contribution is -2.23. The summed E-state index contributed by atoms with van der Waals surface area (Å²) < 4.78 is 23.1.